The molecule has 4 aromatic rings. The first kappa shape index (κ1) is 19.9. The minimum atomic E-state index is -0.164. The van der Waals surface area contributed by atoms with Gasteiger partial charge in [-0.05, 0) is 41.8 Å². The highest BCUT2D eigenvalue weighted by molar-refractivity contribution is 6.30. The van der Waals surface area contributed by atoms with Gasteiger partial charge in [-0.25, -0.2) is 0 Å². The Balaban J connectivity index is 1.36. The predicted octanol–water partition coefficient (Wildman–Crippen LogP) is 4.32. The Morgan fingerprint density at radius 3 is 2.43 bits per heavy atom. The Hall–Kier alpha value is -3.38. The third-order valence-electron chi connectivity index (χ3n) is 4.86. The zero-order valence-electron chi connectivity index (χ0n) is 16.6. The number of benzene rings is 2. The second-order valence-electron chi connectivity index (χ2n) is 7.20. The number of nitrogens with one attached hydrogen (secondary N) is 1. The normalized spacial score (nSPS) is 11.9. The van der Waals surface area contributed by atoms with Crippen molar-refractivity contribution in [2.45, 2.75) is 26.1 Å². The van der Waals surface area contributed by atoms with Gasteiger partial charge in [0.05, 0.1) is 30.9 Å². The molecular formula is C23H22ClN5O. The second-order valence-corrected chi connectivity index (χ2v) is 7.63. The number of hydrogen-bond acceptors (Lipinski definition) is 3. The molecule has 0 aliphatic heterocycles. The summed E-state index contributed by atoms with van der Waals surface area (Å²) in [6.45, 7) is 3.27. The molecule has 0 aliphatic carbocycles. The quantitative estimate of drug-likeness (QED) is 0.485. The van der Waals surface area contributed by atoms with Crippen LogP contribution in [0.5, 0.6) is 0 Å². The lowest BCUT2D eigenvalue weighted by Gasteiger charge is -2.13. The Bertz CT molecular complexity index is 1120. The molecule has 0 saturated heterocycles. The summed E-state index contributed by atoms with van der Waals surface area (Å²) in [5.41, 5.74) is 3.78. The number of amides is 1. The van der Waals surface area contributed by atoms with Crippen molar-refractivity contribution in [2.24, 2.45) is 0 Å². The minimum Gasteiger partial charge on any atom is -0.345 e. The Morgan fingerprint density at radius 1 is 1.03 bits per heavy atom. The fourth-order valence-electron chi connectivity index (χ4n) is 3.22. The molecule has 2 aromatic heterocycles. The summed E-state index contributed by atoms with van der Waals surface area (Å²) >= 11 is 6.04. The second kappa shape index (κ2) is 8.97. The van der Waals surface area contributed by atoms with E-state index in [-0.39, 0.29) is 11.9 Å². The number of hydrogen-bond donors (Lipinski definition) is 1. The number of carbonyl (C=O) groups is 1. The molecule has 1 unspecified atom stereocenters. The molecule has 0 fully saturated rings. The van der Waals surface area contributed by atoms with Gasteiger partial charge in [-0.3, -0.25) is 14.2 Å². The maximum absolute atomic E-state index is 12.6. The Labute approximate surface area is 180 Å². The molecule has 1 atom stereocenters. The number of nitrogens with zero attached hydrogens (tertiary/aromatic N) is 4. The first-order valence-corrected chi connectivity index (χ1v) is 10.1. The lowest BCUT2D eigenvalue weighted by atomic mass is 10.1. The molecule has 0 bridgehead atoms. The highest BCUT2D eigenvalue weighted by atomic mass is 35.5. The van der Waals surface area contributed by atoms with E-state index in [2.05, 4.69) is 39.8 Å². The van der Waals surface area contributed by atoms with Crippen molar-refractivity contribution in [3.8, 4) is 0 Å². The number of carbonyl (C=O) groups excluding carboxylic acids is 1. The highest BCUT2D eigenvalue weighted by Crippen LogP contribution is 2.18. The van der Waals surface area contributed by atoms with E-state index in [0.29, 0.717) is 17.1 Å². The van der Waals surface area contributed by atoms with Gasteiger partial charge < -0.3 is 5.32 Å². The average Bonchev–Trinajstić information content (AvgIpc) is 3.42. The molecule has 1 amide bonds. The van der Waals surface area contributed by atoms with Crippen molar-refractivity contribution in [3.05, 3.63) is 107 Å². The van der Waals surface area contributed by atoms with Gasteiger partial charge in [-0.2, -0.15) is 10.2 Å². The monoisotopic (exact) mass is 419 g/mol. The fourth-order valence-corrected chi connectivity index (χ4v) is 3.42. The van der Waals surface area contributed by atoms with Gasteiger partial charge in [0, 0.05) is 23.6 Å². The SMILES string of the molecule is CC(NC(=O)c1cnn(Cc2ccc(Cn3cccn3)cc2)c1)c1cccc(Cl)c1. The van der Waals surface area contributed by atoms with E-state index in [1.165, 1.54) is 5.56 Å². The van der Waals surface area contributed by atoms with Crippen LogP contribution in [0.3, 0.4) is 0 Å². The number of aromatic nitrogens is 4. The summed E-state index contributed by atoms with van der Waals surface area (Å²) in [5, 5.41) is 12.2. The molecule has 30 heavy (non-hydrogen) atoms. The first-order chi connectivity index (χ1) is 14.6. The standard InChI is InChI=1S/C23H22ClN5O/c1-17(20-4-2-5-22(24)12-20)27-23(30)21-13-26-29(16-21)15-19-8-6-18(7-9-19)14-28-11-3-10-25-28/h2-13,16-17H,14-15H2,1H3,(H,27,30). The summed E-state index contributed by atoms with van der Waals surface area (Å²) < 4.78 is 3.65. The predicted molar refractivity (Wildman–Crippen MR) is 116 cm³/mol. The molecular weight excluding hydrogens is 398 g/mol. The van der Waals surface area contributed by atoms with Gasteiger partial charge >= 0.3 is 0 Å². The van der Waals surface area contributed by atoms with Crippen LogP contribution in [0, 0.1) is 0 Å². The van der Waals surface area contributed by atoms with Crippen molar-refractivity contribution in [3.63, 3.8) is 0 Å². The van der Waals surface area contributed by atoms with E-state index < -0.39 is 0 Å². The molecule has 1 N–H and O–H groups in total. The van der Waals surface area contributed by atoms with Crippen LogP contribution in [0.25, 0.3) is 0 Å². The summed E-state index contributed by atoms with van der Waals surface area (Å²) in [6.07, 6.45) is 7.07. The average molecular weight is 420 g/mol. The summed E-state index contributed by atoms with van der Waals surface area (Å²) in [6, 6.07) is 17.6. The van der Waals surface area contributed by atoms with Gasteiger partial charge in [0.25, 0.3) is 5.91 Å². The molecule has 0 spiro atoms. The Morgan fingerprint density at radius 2 is 1.77 bits per heavy atom. The van der Waals surface area contributed by atoms with E-state index in [0.717, 1.165) is 17.7 Å². The minimum absolute atomic E-state index is 0.151. The first-order valence-electron chi connectivity index (χ1n) is 9.71. The lowest BCUT2D eigenvalue weighted by molar-refractivity contribution is 0.0940. The topological polar surface area (TPSA) is 64.7 Å². The number of rotatable bonds is 7. The van der Waals surface area contributed by atoms with Crippen molar-refractivity contribution >= 4 is 17.5 Å². The van der Waals surface area contributed by atoms with Gasteiger partial charge in [0.15, 0.2) is 0 Å². The van der Waals surface area contributed by atoms with Crippen LogP contribution in [-0.2, 0) is 13.1 Å². The van der Waals surface area contributed by atoms with Gasteiger partial charge in [0.2, 0.25) is 0 Å². The molecule has 4 rings (SSSR count). The molecule has 0 saturated carbocycles. The maximum Gasteiger partial charge on any atom is 0.254 e. The number of halogens is 1. The van der Waals surface area contributed by atoms with Crippen LogP contribution >= 0.6 is 11.6 Å². The van der Waals surface area contributed by atoms with E-state index in [1.54, 1.807) is 23.3 Å². The molecule has 2 heterocycles. The van der Waals surface area contributed by atoms with Crippen LogP contribution in [0.1, 0.15) is 40.0 Å². The van der Waals surface area contributed by atoms with E-state index >= 15 is 0 Å². The van der Waals surface area contributed by atoms with Crippen molar-refractivity contribution < 1.29 is 4.79 Å². The highest BCUT2D eigenvalue weighted by Gasteiger charge is 2.13. The molecule has 2 aromatic carbocycles. The Kier molecular flexibility index (Phi) is 5.95. The molecule has 6 nitrogen and oxygen atoms in total. The third-order valence-corrected chi connectivity index (χ3v) is 5.10. The smallest absolute Gasteiger partial charge is 0.254 e. The van der Waals surface area contributed by atoms with Crippen LogP contribution < -0.4 is 5.32 Å². The zero-order valence-corrected chi connectivity index (χ0v) is 17.3. The maximum atomic E-state index is 12.6. The van der Waals surface area contributed by atoms with Gasteiger partial charge in [-0.15, -0.1) is 0 Å². The van der Waals surface area contributed by atoms with Crippen LogP contribution in [0.2, 0.25) is 5.02 Å². The van der Waals surface area contributed by atoms with Crippen molar-refractivity contribution in [2.75, 3.05) is 0 Å². The summed E-state index contributed by atoms with van der Waals surface area (Å²) in [5.74, 6) is -0.164. The van der Waals surface area contributed by atoms with E-state index in [4.69, 9.17) is 11.6 Å². The lowest BCUT2D eigenvalue weighted by Crippen LogP contribution is -2.26. The molecule has 0 radical (unpaired) electrons. The summed E-state index contributed by atoms with van der Waals surface area (Å²) in [4.78, 5) is 12.6. The molecule has 0 aliphatic rings. The van der Waals surface area contributed by atoms with Crippen molar-refractivity contribution in [1.29, 1.82) is 0 Å². The molecule has 152 valence electrons. The summed E-state index contributed by atoms with van der Waals surface area (Å²) in [7, 11) is 0. The molecule has 7 heteroatoms. The largest absolute Gasteiger partial charge is 0.345 e. The van der Waals surface area contributed by atoms with Crippen LogP contribution in [-0.4, -0.2) is 25.5 Å². The van der Waals surface area contributed by atoms with Gasteiger partial charge in [-0.1, -0.05) is 48.0 Å². The van der Waals surface area contributed by atoms with Crippen LogP contribution in [0.4, 0.5) is 0 Å². The third kappa shape index (κ3) is 4.96. The van der Waals surface area contributed by atoms with Crippen LogP contribution in [0.15, 0.2) is 79.4 Å². The fraction of sp³-hybridized carbons (Fsp3) is 0.174. The van der Waals surface area contributed by atoms with E-state index in [1.807, 2.05) is 48.1 Å². The van der Waals surface area contributed by atoms with Gasteiger partial charge in [0.1, 0.15) is 0 Å². The van der Waals surface area contributed by atoms with E-state index in [9.17, 15) is 4.79 Å². The van der Waals surface area contributed by atoms with Crippen molar-refractivity contribution in [1.82, 2.24) is 24.9 Å². The zero-order chi connectivity index (χ0) is 20.9.